The molecule has 29 heavy (non-hydrogen) atoms. The summed E-state index contributed by atoms with van der Waals surface area (Å²) in [4.78, 5) is 22.6. The van der Waals surface area contributed by atoms with Crippen LogP contribution in [0.15, 0.2) is 41.9 Å². The zero-order chi connectivity index (χ0) is 20.2. The minimum atomic E-state index is 0.0515. The molecule has 0 fully saturated rings. The third kappa shape index (κ3) is 4.93. The number of carbonyl (C=O) groups is 1. The Morgan fingerprint density at radius 3 is 2.76 bits per heavy atom. The van der Waals surface area contributed by atoms with Crippen LogP contribution in [0.4, 0.5) is 5.69 Å². The second-order valence-electron chi connectivity index (χ2n) is 6.62. The van der Waals surface area contributed by atoms with E-state index in [1.54, 1.807) is 22.2 Å². The maximum absolute atomic E-state index is 12.4. The number of rotatable bonds is 8. The summed E-state index contributed by atoms with van der Waals surface area (Å²) in [5.41, 5.74) is 3.68. The molecule has 1 aromatic carbocycles. The third-order valence-electron chi connectivity index (χ3n) is 4.21. The van der Waals surface area contributed by atoms with Crippen molar-refractivity contribution in [2.45, 2.75) is 33.4 Å². The molecule has 4 aromatic rings. The first-order valence-electron chi connectivity index (χ1n) is 9.15. The smallest absolute Gasteiger partial charge is 0.161 e. The van der Waals surface area contributed by atoms with Gasteiger partial charge in [-0.3, -0.25) is 4.79 Å². The van der Waals surface area contributed by atoms with E-state index in [0.717, 1.165) is 37.7 Å². The first-order valence-corrected chi connectivity index (χ1v) is 10.8. The molecule has 0 unspecified atom stereocenters. The van der Waals surface area contributed by atoms with Crippen molar-refractivity contribution in [3.8, 4) is 10.6 Å². The van der Waals surface area contributed by atoms with E-state index >= 15 is 0 Å². The van der Waals surface area contributed by atoms with E-state index in [1.165, 1.54) is 11.3 Å². The highest BCUT2D eigenvalue weighted by Gasteiger charge is 2.14. The predicted octanol–water partition coefficient (Wildman–Crippen LogP) is 3.90. The molecule has 0 aliphatic carbocycles. The molecular weight excluding hydrogens is 404 g/mol. The Hall–Kier alpha value is -2.91. The van der Waals surface area contributed by atoms with Crippen molar-refractivity contribution < 1.29 is 4.79 Å². The van der Waals surface area contributed by atoms with Crippen molar-refractivity contribution >= 4 is 34.1 Å². The number of Topliss-reactive ketones (excluding diaryl/α,β-unsaturated/α-hetero) is 1. The standard InChI is InChI=1S/C20H20N6OS2/c1-13-20(29-14(2)22-13)18-12-28-19(23-18)8-17(27)11-26-10-16(24-25-26)9-21-15-6-4-3-5-7-15/h3-7,10,12,21H,8-9,11H2,1-2H3. The van der Waals surface area contributed by atoms with Crippen molar-refractivity contribution in [3.05, 3.63) is 63.3 Å². The molecule has 3 heterocycles. The monoisotopic (exact) mass is 424 g/mol. The third-order valence-corrected chi connectivity index (χ3v) is 6.15. The highest BCUT2D eigenvalue weighted by molar-refractivity contribution is 7.16. The number of aryl methyl sites for hydroxylation is 2. The zero-order valence-corrected chi connectivity index (χ0v) is 17.8. The fourth-order valence-electron chi connectivity index (χ4n) is 2.92. The largest absolute Gasteiger partial charge is 0.379 e. The first kappa shape index (κ1) is 19.4. The van der Waals surface area contributed by atoms with Gasteiger partial charge in [0, 0.05) is 11.1 Å². The summed E-state index contributed by atoms with van der Waals surface area (Å²) in [5, 5.41) is 15.3. The second-order valence-corrected chi connectivity index (χ2v) is 8.76. The Morgan fingerprint density at radius 1 is 1.17 bits per heavy atom. The molecule has 3 aromatic heterocycles. The number of aromatic nitrogens is 5. The molecular formula is C20H20N6OS2. The summed E-state index contributed by atoms with van der Waals surface area (Å²) in [5.74, 6) is 0.0515. The van der Waals surface area contributed by atoms with E-state index in [0.29, 0.717) is 13.0 Å². The predicted molar refractivity (Wildman–Crippen MR) is 115 cm³/mol. The maximum atomic E-state index is 12.4. The first-order chi connectivity index (χ1) is 14.1. The van der Waals surface area contributed by atoms with Gasteiger partial charge in [0.05, 0.1) is 40.4 Å². The van der Waals surface area contributed by atoms with Crippen molar-refractivity contribution in [3.63, 3.8) is 0 Å². The number of nitrogens with zero attached hydrogens (tertiary/aromatic N) is 5. The number of nitrogens with one attached hydrogen (secondary N) is 1. The van der Waals surface area contributed by atoms with E-state index in [2.05, 4.69) is 25.6 Å². The van der Waals surface area contributed by atoms with Crippen LogP contribution >= 0.6 is 22.7 Å². The van der Waals surface area contributed by atoms with Gasteiger partial charge < -0.3 is 5.32 Å². The molecule has 0 amide bonds. The van der Waals surface area contributed by atoms with Gasteiger partial charge in [-0.25, -0.2) is 14.6 Å². The van der Waals surface area contributed by atoms with Crippen molar-refractivity contribution in [2.24, 2.45) is 0 Å². The van der Waals surface area contributed by atoms with Gasteiger partial charge in [0.25, 0.3) is 0 Å². The number of para-hydroxylation sites is 1. The molecule has 0 spiro atoms. The minimum absolute atomic E-state index is 0.0515. The lowest BCUT2D eigenvalue weighted by molar-refractivity contribution is -0.119. The summed E-state index contributed by atoms with van der Waals surface area (Å²) in [6.45, 7) is 4.71. The maximum Gasteiger partial charge on any atom is 0.161 e. The lowest BCUT2D eigenvalue weighted by atomic mass is 10.3. The van der Waals surface area contributed by atoms with E-state index in [9.17, 15) is 4.79 Å². The number of hydrogen-bond donors (Lipinski definition) is 1. The Labute approximate surface area is 176 Å². The van der Waals surface area contributed by atoms with Crippen LogP contribution in [-0.2, 0) is 24.3 Å². The molecule has 1 N–H and O–H groups in total. The Balaban J connectivity index is 1.32. The van der Waals surface area contributed by atoms with E-state index in [-0.39, 0.29) is 12.3 Å². The summed E-state index contributed by atoms with van der Waals surface area (Å²) in [6.07, 6.45) is 2.09. The number of ketones is 1. The van der Waals surface area contributed by atoms with Crippen LogP contribution in [-0.4, -0.2) is 30.7 Å². The summed E-state index contributed by atoms with van der Waals surface area (Å²) < 4.78 is 1.58. The van der Waals surface area contributed by atoms with Gasteiger partial charge in [-0.15, -0.1) is 27.8 Å². The second kappa shape index (κ2) is 8.62. The summed E-state index contributed by atoms with van der Waals surface area (Å²) in [7, 11) is 0. The SMILES string of the molecule is Cc1nc(C)c(-c2csc(CC(=O)Cn3cc(CNc4ccccc4)nn3)n2)s1. The van der Waals surface area contributed by atoms with Crippen LogP contribution in [0.2, 0.25) is 0 Å². The van der Waals surface area contributed by atoms with Crippen LogP contribution in [0.5, 0.6) is 0 Å². The van der Waals surface area contributed by atoms with Crippen LogP contribution in [0.1, 0.15) is 21.4 Å². The Kier molecular flexibility index (Phi) is 5.77. The van der Waals surface area contributed by atoms with Gasteiger partial charge in [-0.05, 0) is 26.0 Å². The average Bonchev–Trinajstić information content (AvgIpc) is 3.41. The van der Waals surface area contributed by atoms with Gasteiger partial charge in [-0.1, -0.05) is 23.4 Å². The van der Waals surface area contributed by atoms with E-state index in [1.807, 2.05) is 49.6 Å². The number of thiazole rings is 2. The number of hydrogen-bond acceptors (Lipinski definition) is 8. The molecule has 148 valence electrons. The van der Waals surface area contributed by atoms with E-state index < -0.39 is 0 Å². The van der Waals surface area contributed by atoms with Crippen molar-refractivity contribution in [1.29, 1.82) is 0 Å². The molecule has 4 rings (SSSR count). The fraction of sp³-hybridized carbons (Fsp3) is 0.250. The quantitative estimate of drug-likeness (QED) is 0.462. The molecule has 0 aliphatic rings. The van der Waals surface area contributed by atoms with Crippen molar-refractivity contribution in [2.75, 3.05) is 5.32 Å². The van der Waals surface area contributed by atoms with Gasteiger partial charge in [0.2, 0.25) is 0 Å². The molecule has 0 atom stereocenters. The highest BCUT2D eigenvalue weighted by Crippen LogP contribution is 2.30. The highest BCUT2D eigenvalue weighted by atomic mass is 32.1. The van der Waals surface area contributed by atoms with Crippen molar-refractivity contribution in [1.82, 2.24) is 25.0 Å². The van der Waals surface area contributed by atoms with E-state index in [4.69, 9.17) is 0 Å². The lowest BCUT2D eigenvalue weighted by Crippen LogP contribution is -2.13. The Morgan fingerprint density at radius 2 is 2.00 bits per heavy atom. The molecule has 0 saturated carbocycles. The average molecular weight is 425 g/mol. The number of carbonyl (C=O) groups excluding carboxylic acids is 1. The molecule has 0 aliphatic heterocycles. The normalized spacial score (nSPS) is 11.0. The summed E-state index contributed by atoms with van der Waals surface area (Å²) in [6, 6.07) is 9.90. The van der Waals surface area contributed by atoms with Gasteiger partial charge in [0.15, 0.2) is 5.78 Å². The van der Waals surface area contributed by atoms with Crippen LogP contribution in [0, 0.1) is 13.8 Å². The van der Waals surface area contributed by atoms with Gasteiger partial charge in [0.1, 0.15) is 17.2 Å². The zero-order valence-electron chi connectivity index (χ0n) is 16.1. The van der Waals surface area contributed by atoms with Gasteiger partial charge in [-0.2, -0.15) is 0 Å². The van der Waals surface area contributed by atoms with Crippen LogP contribution in [0.25, 0.3) is 10.6 Å². The molecule has 9 heteroatoms. The molecule has 0 bridgehead atoms. The topological polar surface area (TPSA) is 85.6 Å². The molecule has 0 saturated heterocycles. The summed E-state index contributed by atoms with van der Waals surface area (Å²) >= 11 is 3.13. The lowest BCUT2D eigenvalue weighted by Gasteiger charge is -2.02. The molecule has 0 radical (unpaired) electrons. The number of anilines is 1. The number of benzene rings is 1. The van der Waals surface area contributed by atoms with Crippen LogP contribution in [0.3, 0.4) is 0 Å². The molecule has 7 nitrogen and oxygen atoms in total. The van der Waals surface area contributed by atoms with Gasteiger partial charge >= 0.3 is 0 Å². The Bertz CT molecular complexity index is 1120. The fourth-order valence-corrected chi connectivity index (χ4v) is 4.68. The van der Waals surface area contributed by atoms with Crippen LogP contribution < -0.4 is 5.32 Å². The minimum Gasteiger partial charge on any atom is -0.379 e.